The third kappa shape index (κ3) is 1.89. The van der Waals surface area contributed by atoms with Crippen molar-refractivity contribution in [1.29, 1.82) is 0 Å². The molecule has 2 N–H and O–H groups in total. The largest absolute Gasteiger partial charge is 0.396 e. The summed E-state index contributed by atoms with van der Waals surface area (Å²) >= 11 is 0. The molecule has 0 radical (unpaired) electrons. The van der Waals surface area contributed by atoms with Crippen LogP contribution >= 0.6 is 0 Å². The van der Waals surface area contributed by atoms with Crippen molar-refractivity contribution >= 4 is 11.0 Å². The number of aliphatic hydroxyl groups is 1. The number of hydrogen-bond donors (Lipinski definition) is 2. The summed E-state index contributed by atoms with van der Waals surface area (Å²) in [5.74, 6) is 0. The van der Waals surface area contributed by atoms with Crippen LogP contribution in [0.4, 0.5) is 0 Å². The Morgan fingerprint density at radius 3 is 3.17 bits per heavy atom. The van der Waals surface area contributed by atoms with Crippen molar-refractivity contribution in [3.63, 3.8) is 0 Å². The maximum absolute atomic E-state index is 8.81. The van der Waals surface area contributed by atoms with Crippen molar-refractivity contribution in [2.45, 2.75) is 13.0 Å². The Labute approximate surface area is 104 Å². The fraction of sp³-hybridized carbons (Fsp3) is 0.231. The first kappa shape index (κ1) is 11.0. The summed E-state index contributed by atoms with van der Waals surface area (Å²) in [6, 6.07) is 4.01. The molecule has 0 saturated carbocycles. The van der Waals surface area contributed by atoms with E-state index in [4.69, 9.17) is 5.11 Å². The Morgan fingerprint density at radius 1 is 1.33 bits per heavy atom. The van der Waals surface area contributed by atoms with Gasteiger partial charge >= 0.3 is 0 Å². The molecule has 0 amide bonds. The van der Waals surface area contributed by atoms with E-state index >= 15 is 0 Å². The average Bonchev–Trinajstić information content (AvgIpc) is 3.04. The molecule has 0 aromatic carbocycles. The van der Waals surface area contributed by atoms with Crippen LogP contribution in [0.1, 0.15) is 6.42 Å². The van der Waals surface area contributed by atoms with Crippen LogP contribution in [0.3, 0.4) is 0 Å². The second-order valence-electron chi connectivity index (χ2n) is 4.17. The molecule has 0 saturated heterocycles. The number of pyridine rings is 1. The molecule has 0 aliphatic rings. The van der Waals surface area contributed by atoms with Crippen LogP contribution in [-0.4, -0.2) is 31.5 Å². The van der Waals surface area contributed by atoms with Gasteiger partial charge in [-0.1, -0.05) is 0 Å². The van der Waals surface area contributed by atoms with Gasteiger partial charge in [0.2, 0.25) is 0 Å². The highest BCUT2D eigenvalue weighted by Gasteiger charge is 2.07. The quantitative estimate of drug-likeness (QED) is 0.733. The van der Waals surface area contributed by atoms with E-state index in [2.05, 4.69) is 15.1 Å². The fourth-order valence-electron chi connectivity index (χ4n) is 2.07. The van der Waals surface area contributed by atoms with Gasteiger partial charge < -0.3 is 10.1 Å². The molecule has 5 heteroatoms. The molecular formula is C13H14N4O. The Bertz CT molecular complexity index is 656. The van der Waals surface area contributed by atoms with E-state index in [1.54, 1.807) is 6.20 Å². The smallest absolute Gasteiger partial charge is 0.137 e. The average molecular weight is 242 g/mol. The van der Waals surface area contributed by atoms with Gasteiger partial charge in [-0.05, 0) is 24.1 Å². The van der Waals surface area contributed by atoms with E-state index in [9.17, 15) is 0 Å². The number of nitrogens with one attached hydrogen (secondary N) is 1. The standard InChI is InChI=1S/C13H14N4O/c18-7-1-6-17-9-10(8-16-17)11-2-4-14-13-12(11)3-5-15-13/h2-5,8-9,18H,1,6-7H2,(H,14,15). The summed E-state index contributed by atoms with van der Waals surface area (Å²) in [5.41, 5.74) is 3.08. The summed E-state index contributed by atoms with van der Waals surface area (Å²) in [4.78, 5) is 7.37. The molecule has 92 valence electrons. The molecule has 0 aliphatic heterocycles. The van der Waals surface area contributed by atoms with Gasteiger partial charge in [-0.3, -0.25) is 4.68 Å². The van der Waals surface area contributed by atoms with Crippen molar-refractivity contribution in [2.75, 3.05) is 6.61 Å². The maximum Gasteiger partial charge on any atom is 0.137 e. The molecule has 0 fully saturated rings. The third-order valence-corrected chi connectivity index (χ3v) is 2.95. The van der Waals surface area contributed by atoms with E-state index < -0.39 is 0 Å². The summed E-state index contributed by atoms with van der Waals surface area (Å²) < 4.78 is 1.85. The predicted octanol–water partition coefficient (Wildman–Crippen LogP) is 1.81. The highest BCUT2D eigenvalue weighted by atomic mass is 16.3. The molecule has 0 spiro atoms. The summed E-state index contributed by atoms with van der Waals surface area (Å²) in [7, 11) is 0. The Balaban J connectivity index is 1.98. The van der Waals surface area contributed by atoms with Crippen LogP contribution in [0.2, 0.25) is 0 Å². The number of aromatic amines is 1. The normalized spacial score (nSPS) is 11.2. The molecule has 3 aromatic rings. The maximum atomic E-state index is 8.81. The van der Waals surface area contributed by atoms with Crippen molar-refractivity contribution in [1.82, 2.24) is 19.7 Å². The number of nitrogens with zero attached hydrogens (tertiary/aromatic N) is 3. The number of H-pyrrole nitrogens is 1. The van der Waals surface area contributed by atoms with E-state index in [0.717, 1.165) is 35.1 Å². The summed E-state index contributed by atoms with van der Waals surface area (Å²) in [6.45, 7) is 0.921. The van der Waals surface area contributed by atoms with Gasteiger partial charge in [0.1, 0.15) is 5.65 Å². The van der Waals surface area contributed by atoms with Gasteiger partial charge in [0.25, 0.3) is 0 Å². The lowest BCUT2D eigenvalue weighted by molar-refractivity contribution is 0.277. The van der Waals surface area contributed by atoms with Crippen molar-refractivity contribution in [3.8, 4) is 11.1 Å². The van der Waals surface area contributed by atoms with Crippen molar-refractivity contribution in [2.24, 2.45) is 0 Å². The van der Waals surface area contributed by atoms with Gasteiger partial charge in [0, 0.05) is 42.7 Å². The Morgan fingerprint density at radius 2 is 2.28 bits per heavy atom. The SMILES string of the molecule is OCCCn1cc(-c2ccnc3[nH]ccc23)cn1. The zero-order valence-electron chi connectivity index (χ0n) is 9.87. The van der Waals surface area contributed by atoms with Gasteiger partial charge in [0.15, 0.2) is 0 Å². The molecule has 5 nitrogen and oxygen atoms in total. The van der Waals surface area contributed by atoms with E-state index in [1.165, 1.54) is 0 Å². The molecular weight excluding hydrogens is 228 g/mol. The number of hydrogen-bond acceptors (Lipinski definition) is 3. The number of rotatable bonds is 4. The van der Waals surface area contributed by atoms with E-state index in [1.807, 2.05) is 35.4 Å². The number of aryl methyl sites for hydroxylation is 1. The minimum atomic E-state index is 0.187. The van der Waals surface area contributed by atoms with Crippen LogP contribution in [-0.2, 0) is 6.54 Å². The minimum Gasteiger partial charge on any atom is -0.396 e. The first-order valence-corrected chi connectivity index (χ1v) is 5.94. The van der Waals surface area contributed by atoms with E-state index in [-0.39, 0.29) is 6.61 Å². The first-order chi connectivity index (χ1) is 8.88. The topological polar surface area (TPSA) is 66.7 Å². The molecule has 0 aliphatic carbocycles. The lowest BCUT2D eigenvalue weighted by Gasteiger charge is -1.99. The van der Waals surface area contributed by atoms with Gasteiger partial charge in [0.05, 0.1) is 6.20 Å². The third-order valence-electron chi connectivity index (χ3n) is 2.95. The first-order valence-electron chi connectivity index (χ1n) is 5.94. The van der Waals surface area contributed by atoms with Crippen LogP contribution in [0.5, 0.6) is 0 Å². The molecule has 0 unspecified atom stereocenters. The van der Waals surface area contributed by atoms with Crippen LogP contribution in [0.25, 0.3) is 22.2 Å². The number of fused-ring (bicyclic) bond motifs is 1. The molecule has 18 heavy (non-hydrogen) atoms. The predicted molar refractivity (Wildman–Crippen MR) is 69.0 cm³/mol. The number of aromatic nitrogens is 4. The minimum absolute atomic E-state index is 0.187. The fourth-order valence-corrected chi connectivity index (χ4v) is 2.07. The Kier molecular flexibility index (Phi) is 2.82. The van der Waals surface area contributed by atoms with Gasteiger partial charge in [-0.25, -0.2) is 4.98 Å². The highest BCUT2D eigenvalue weighted by Crippen LogP contribution is 2.26. The lowest BCUT2D eigenvalue weighted by atomic mass is 10.1. The van der Waals surface area contributed by atoms with Crippen LogP contribution in [0.15, 0.2) is 36.9 Å². The second-order valence-corrected chi connectivity index (χ2v) is 4.17. The van der Waals surface area contributed by atoms with Crippen molar-refractivity contribution in [3.05, 3.63) is 36.9 Å². The molecule has 3 heterocycles. The molecule has 0 bridgehead atoms. The molecule has 3 rings (SSSR count). The molecule has 3 aromatic heterocycles. The number of aliphatic hydroxyl groups excluding tert-OH is 1. The second kappa shape index (κ2) is 4.62. The van der Waals surface area contributed by atoms with Crippen LogP contribution in [0, 0.1) is 0 Å². The van der Waals surface area contributed by atoms with Crippen LogP contribution < -0.4 is 0 Å². The van der Waals surface area contributed by atoms with Crippen molar-refractivity contribution < 1.29 is 5.11 Å². The highest BCUT2D eigenvalue weighted by molar-refractivity contribution is 5.92. The zero-order chi connectivity index (χ0) is 12.4. The van der Waals surface area contributed by atoms with Gasteiger partial charge in [-0.2, -0.15) is 5.10 Å². The van der Waals surface area contributed by atoms with Gasteiger partial charge in [-0.15, -0.1) is 0 Å². The molecule has 0 atom stereocenters. The summed E-state index contributed by atoms with van der Waals surface area (Å²) in [5, 5.41) is 14.2. The zero-order valence-corrected chi connectivity index (χ0v) is 9.87. The summed E-state index contributed by atoms with van der Waals surface area (Å²) in [6.07, 6.45) is 8.24. The monoisotopic (exact) mass is 242 g/mol. The Hall–Kier alpha value is -2.14. The lowest BCUT2D eigenvalue weighted by Crippen LogP contribution is -1.99. The van der Waals surface area contributed by atoms with E-state index in [0.29, 0.717) is 0 Å².